The number of benzene rings is 1. The number of hydrogen-bond acceptors (Lipinski definition) is 4. The minimum absolute atomic E-state index is 0.00991. The summed E-state index contributed by atoms with van der Waals surface area (Å²) in [4.78, 5) is 33.7. The van der Waals surface area contributed by atoms with E-state index in [0.717, 1.165) is 11.3 Å². The van der Waals surface area contributed by atoms with Gasteiger partial charge in [0.2, 0.25) is 5.91 Å². The van der Waals surface area contributed by atoms with Crippen molar-refractivity contribution in [3.63, 3.8) is 0 Å². The van der Waals surface area contributed by atoms with Crippen LogP contribution in [0.3, 0.4) is 0 Å². The van der Waals surface area contributed by atoms with Crippen LogP contribution in [-0.4, -0.2) is 64.2 Å². The number of carbonyl (C=O) groups is 2. The Morgan fingerprint density at radius 1 is 1.25 bits per heavy atom. The van der Waals surface area contributed by atoms with Crippen molar-refractivity contribution in [2.45, 2.75) is 39.8 Å². The fourth-order valence-electron chi connectivity index (χ4n) is 3.49. The second-order valence-electron chi connectivity index (χ2n) is 8.91. The summed E-state index contributed by atoms with van der Waals surface area (Å²) in [6, 6.07) is 7.48. The number of nitrogens with one attached hydrogen (secondary N) is 2. The predicted octanol–water partition coefficient (Wildman–Crippen LogP) is 1.76. The number of aliphatic imine (C=N–C) groups is 1. The smallest absolute Gasteiger partial charge is 0.251 e. The van der Waals surface area contributed by atoms with Crippen LogP contribution < -0.4 is 15.5 Å². The first-order valence-corrected chi connectivity index (χ1v) is 10.9. The molecule has 9 heteroatoms. The molecule has 2 aromatic rings. The van der Waals surface area contributed by atoms with E-state index < -0.39 is 0 Å². The molecule has 1 aromatic carbocycles. The third-order valence-corrected chi connectivity index (χ3v) is 4.95. The zero-order chi connectivity index (χ0) is 23.3. The van der Waals surface area contributed by atoms with Gasteiger partial charge in [0, 0.05) is 44.0 Å². The van der Waals surface area contributed by atoms with Crippen molar-refractivity contribution in [1.29, 1.82) is 0 Å². The lowest BCUT2D eigenvalue weighted by Gasteiger charge is -2.35. The average Bonchev–Trinajstić information content (AvgIpc) is 3.16. The van der Waals surface area contributed by atoms with Crippen LogP contribution in [0.2, 0.25) is 0 Å². The summed E-state index contributed by atoms with van der Waals surface area (Å²) in [6.07, 6.45) is 3.55. The molecule has 1 aliphatic rings. The molecule has 1 aliphatic heterocycles. The third-order valence-electron chi connectivity index (χ3n) is 4.95. The van der Waals surface area contributed by atoms with Gasteiger partial charge in [-0.1, -0.05) is 12.1 Å². The lowest BCUT2D eigenvalue weighted by atomic mass is 10.1. The van der Waals surface area contributed by atoms with Gasteiger partial charge in [0.25, 0.3) is 5.91 Å². The Balaban J connectivity index is 1.68. The first-order chi connectivity index (χ1) is 15.2. The van der Waals surface area contributed by atoms with Crippen molar-refractivity contribution >= 4 is 23.5 Å². The lowest BCUT2D eigenvalue weighted by Crippen LogP contribution is -2.55. The summed E-state index contributed by atoms with van der Waals surface area (Å²) >= 11 is 0. The molecule has 1 saturated heterocycles. The van der Waals surface area contributed by atoms with E-state index in [2.05, 4.69) is 15.7 Å². The maximum atomic E-state index is 12.8. The number of anilines is 1. The minimum Gasteiger partial charge on any atom is -0.356 e. The van der Waals surface area contributed by atoms with Crippen molar-refractivity contribution in [2.75, 3.05) is 31.1 Å². The maximum absolute atomic E-state index is 12.8. The summed E-state index contributed by atoms with van der Waals surface area (Å²) in [5.41, 5.74) is 2.05. The Hall–Kier alpha value is -3.36. The second-order valence-corrected chi connectivity index (χ2v) is 8.91. The van der Waals surface area contributed by atoms with Gasteiger partial charge in [-0.3, -0.25) is 14.3 Å². The molecular formula is C23H33N7O2. The molecule has 0 spiro atoms. The number of carbonyl (C=O) groups excluding carboxylic acids is 2. The quantitative estimate of drug-likeness (QED) is 0.547. The van der Waals surface area contributed by atoms with E-state index in [-0.39, 0.29) is 23.9 Å². The summed E-state index contributed by atoms with van der Waals surface area (Å²) in [5, 5.41) is 10.4. The molecular weight excluding hydrogens is 406 g/mol. The molecule has 2 N–H and O–H groups in total. The minimum atomic E-state index is -0.298. The van der Waals surface area contributed by atoms with Crippen LogP contribution in [0.25, 0.3) is 0 Å². The summed E-state index contributed by atoms with van der Waals surface area (Å²) in [6.45, 7) is 10.5. The molecule has 2 amide bonds. The van der Waals surface area contributed by atoms with E-state index in [1.165, 1.54) is 0 Å². The fourth-order valence-corrected chi connectivity index (χ4v) is 3.49. The van der Waals surface area contributed by atoms with Gasteiger partial charge in [-0.05, 0) is 45.4 Å². The summed E-state index contributed by atoms with van der Waals surface area (Å²) < 4.78 is 1.69. The maximum Gasteiger partial charge on any atom is 0.251 e. The summed E-state index contributed by atoms with van der Waals surface area (Å²) in [7, 11) is 1.84. The molecule has 172 valence electrons. The molecule has 0 bridgehead atoms. The number of amides is 2. The van der Waals surface area contributed by atoms with Crippen LogP contribution in [-0.2, 0) is 18.4 Å². The van der Waals surface area contributed by atoms with Crippen molar-refractivity contribution in [2.24, 2.45) is 12.0 Å². The van der Waals surface area contributed by atoms with E-state index in [0.29, 0.717) is 37.7 Å². The van der Waals surface area contributed by atoms with E-state index in [1.807, 2.05) is 64.0 Å². The van der Waals surface area contributed by atoms with Gasteiger partial charge in [0.05, 0.1) is 18.4 Å². The van der Waals surface area contributed by atoms with Crippen LogP contribution in [0.15, 0.2) is 41.7 Å². The van der Waals surface area contributed by atoms with Gasteiger partial charge in [-0.2, -0.15) is 5.10 Å². The van der Waals surface area contributed by atoms with E-state index in [1.54, 1.807) is 21.8 Å². The molecule has 0 atom stereocenters. The molecule has 3 rings (SSSR count). The molecule has 2 heterocycles. The first kappa shape index (κ1) is 23.3. The van der Waals surface area contributed by atoms with Gasteiger partial charge < -0.3 is 20.4 Å². The topological polar surface area (TPSA) is 94.9 Å². The van der Waals surface area contributed by atoms with Crippen LogP contribution >= 0.6 is 0 Å². The first-order valence-electron chi connectivity index (χ1n) is 10.9. The number of aryl methyl sites for hydroxylation is 1. The zero-order valence-electron chi connectivity index (χ0n) is 19.6. The van der Waals surface area contributed by atoms with Gasteiger partial charge >= 0.3 is 0 Å². The molecule has 1 aromatic heterocycles. The Bertz CT molecular complexity index is 990. The number of guanidine groups is 1. The summed E-state index contributed by atoms with van der Waals surface area (Å²) in [5.74, 6) is 0.597. The molecule has 9 nitrogen and oxygen atoms in total. The SMILES string of the molecule is CCNC(=NCc1cccc(C(=O)NC(C)(C)C)c1)N1CCN(c2cnn(C)c2)C(=O)C1. The molecule has 0 radical (unpaired) electrons. The van der Waals surface area contributed by atoms with Gasteiger partial charge in [-0.15, -0.1) is 0 Å². The second kappa shape index (κ2) is 9.84. The number of hydrogen-bond donors (Lipinski definition) is 2. The standard InChI is InChI=1S/C23H33N7O2/c1-6-24-22(29-10-11-30(20(31)16-29)19-14-26-28(5)15-19)25-13-17-8-7-9-18(12-17)21(32)27-23(2,3)4/h7-9,12,14-15H,6,10-11,13,16H2,1-5H3,(H,24,25)(H,27,32). The average molecular weight is 440 g/mol. The van der Waals surface area contributed by atoms with Crippen LogP contribution in [0, 0.1) is 0 Å². The van der Waals surface area contributed by atoms with Crippen molar-refractivity contribution < 1.29 is 9.59 Å². The highest BCUT2D eigenvalue weighted by Gasteiger charge is 2.27. The highest BCUT2D eigenvalue weighted by atomic mass is 16.2. The van der Waals surface area contributed by atoms with Crippen LogP contribution in [0.4, 0.5) is 5.69 Å². The van der Waals surface area contributed by atoms with Crippen molar-refractivity contribution in [3.8, 4) is 0 Å². The Kier molecular flexibility index (Phi) is 7.17. The molecule has 0 unspecified atom stereocenters. The van der Waals surface area contributed by atoms with E-state index >= 15 is 0 Å². The number of piperazine rings is 1. The normalized spacial score (nSPS) is 15.2. The van der Waals surface area contributed by atoms with Crippen molar-refractivity contribution in [1.82, 2.24) is 25.3 Å². The Morgan fingerprint density at radius 3 is 2.66 bits per heavy atom. The van der Waals surface area contributed by atoms with Crippen molar-refractivity contribution in [3.05, 3.63) is 47.8 Å². The number of rotatable bonds is 5. The number of aromatic nitrogens is 2. The van der Waals surface area contributed by atoms with Gasteiger partial charge in [0.15, 0.2) is 5.96 Å². The largest absolute Gasteiger partial charge is 0.356 e. The predicted molar refractivity (Wildman–Crippen MR) is 126 cm³/mol. The molecule has 32 heavy (non-hydrogen) atoms. The molecule has 0 saturated carbocycles. The lowest BCUT2D eigenvalue weighted by molar-refractivity contribution is -0.120. The van der Waals surface area contributed by atoms with Gasteiger partial charge in [-0.25, -0.2) is 4.99 Å². The number of nitrogens with zero attached hydrogens (tertiary/aromatic N) is 5. The Labute approximate surface area is 189 Å². The van der Waals surface area contributed by atoms with E-state index in [9.17, 15) is 9.59 Å². The fraction of sp³-hybridized carbons (Fsp3) is 0.478. The monoisotopic (exact) mass is 439 g/mol. The van der Waals surface area contributed by atoms with Crippen LogP contribution in [0.1, 0.15) is 43.6 Å². The highest BCUT2D eigenvalue weighted by molar-refractivity contribution is 5.98. The van der Waals surface area contributed by atoms with Crippen LogP contribution in [0.5, 0.6) is 0 Å². The Morgan fingerprint density at radius 2 is 2.03 bits per heavy atom. The molecule has 1 fully saturated rings. The van der Waals surface area contributed by atoms with Gasteiger partial charge in [0.1, 0.15) is 6.54 Å². The highest BCUT2D eigenvalue weighted by Crippen LogP contribution is 2.16. The third kappa shape index (κ3) is 6.09. The zero-order valence-corrected chi connectivity index (χ0v) is 19.6. The van der Waals surface area contributed by atoms with E-state index in [4.69, 9.17) is 4.99 Å². The molecule has 0 aliphatic carbocycles.